The number of nitro groups is 1. The molecule has 0 radical (unpaired) electrons. The van der Waals surface area contributed by atoms with Gasteiger partial charge in [0.05, 0.1) is 9.46 Å². The van der Waals surface area contributed by atoms with Crippen LogP contribution in [0.2, 0.25) is 0 Å². The van der Waals surface area contributed by atoms with Crippen LogP contribution in [0.4, 0.5) is 5.69 Å². The number of benzene rings is 1. The Morgan fingerprint density at radius 3 is 2.96 bits per heavy atom. The Balaban J connectivity index is 1.98. The van der Waals surface area contributed by atoms with Crippen molar-refractivity contribution in [2.24, 2.45) is 0 Å². The van der Waals surface area contributed by atoms with E-state index in [0.29, 0.717) is 20.7 Å². The molecule has 3 aromatic heterocycles. The summed E-state index contributed by atoms with van der Waals surface area (Å²) in [6.45, 7) is 0. The molecule has 1 aromatic carbocycles. The zero-order valence-corrected chi connectivity index (χ0v) is 14.6. The molecule has 0 aliphatic rings. The monoisotopic (exact) mass is 418 g/mol. The summed E-state index contributed by atoms with van der Waals surface area (Å²) in [6.07, 6.45) is 2.98. The number of fused-ring (bicyclic) bond motifs is 3. The molecule has 0 aliphatic heterocycles. The Labute approximate surface area is 151 Å². The summed E-state index contributed by atoms with van der Waals surface area (Å²) in [5.74, 6) is -0.482. The Bertz CT molecular complexity index is 1280. The Morgan fingerprint density at radius 2 is 2.20 bits per heavy atom. The van der Waals surface area contributed by atoms with Gasteiger partial charge in [-0.3, -0.25) is 14.9 Å². The number of halogens is 1. The van der Waals surface area contributed by atoms with Crippen molar-refractivity contribution in [3.05, 3.63) is 65.5 Å². The SMILES string of the molecule is O=c1/c(=C/c2cccc([N+](=O)[O-])c2O)sc2nc3cc(Br)cnc3n12. The Kier molecular flexibility index (Phi) is 3.51. The number of pyridine rings is 1. The zero-order valence-electron chi connectivity index (χ0n) is 12.2. The highest BCUT2D eigenvalue weighted by Crippen LogP contribution is 2.29. The first kappa shape index (κ1) is 15.7. The van der Waals surface area contributed by atoms with Crippen molar-refractivity contribution in [1.29, 1.82) is 0 Å². The third-order valence-electron chi connectivity index (χ3n) is 3.58. The number of phenolic OH excluding ortho intramolecular Hbond substituents is 1. The van der Waals surface area contributed by atoms with E-state index >= 15 is 0 Å². The predicted octanol–water partition coefficient (Wildman–Crippen LogP) is 2.23. The first-order valence-corrected chi connectivity index (χ1v) is 8.51. The summed E-state index contributed by atoms with van der Waals surface area (Å²) >= 11 is 4.43. The van der Waals surface area contributed by atoms with E-state index in [1.54, 1.807) is 12.3 Å². The largest absolute Gasteiger partial charge is 0.502 e. The second-order valence-corrected chi connectivity index (χ2v) is 7.04. The van der Waals surface area contributed by atoms with Gasteiger partial charge in [0, 0.05) is 22.3 Å². The lowest BCUT2D eigenvalue weighted by molar-refractivity contribution is -0.385. The van der Waals surface area contributed by atoms with Gasteiger partial charge in [-0.25, -0.2) is 14.4 Å². The van der Waals surface area contributed by atoms with E-state index in [0.717, 1.165) is 15.8 Å². The zero-order chi connectivity index (χ0) is 17.7. The fraction of sp³-hybridized carbons (Fsp3) is 0. The summed E-state index contributed by atoms with van der Waals surface area (Å²) in [5, 5.41) is 20.9. The van der Waals surface area contributed by atoms with Crippen molar-refractivity contribution in [1.82, 2.24) is 14.4 Å². The molecule has 10 heteroatoms. The van der Waals surface area contributed by atoms with Crippen molar-refractivity contribution < 1.29 is 10.0 Å². The van der Waals surface area contributed by atoms with E-state index in [-0.39, 0.29) is 11.1 Å². The molecule has 0 bridgehead atoms. The first-order chi connectivity index (χ1) is 12.0. The molecule has 4 rings (SSSR count). The fourth-order valence-corrected chi connectivity index (χ4v) is 3.75. The molecule has 0 fully saturated rings. The van der Waals surface area contributed by atoms with Crippen LogP contribution in [-0.4, -0.2) is 24.4 Å². The van der Waals surface area contributed by atoms with Crippen LogP contribution < -0.4 is 10.1 Å². The topological polar surface area (TPSA) is 111 Å². The normalized spacial score (nSPS) is 12.3. The van der Waals surface area contributed by atoms with Crippen LogP contribution in [0, 0.1) is 10.1 Å². The van der Waals surface area contributed by atoms with Crippen LogP contribution in [-0.2, 0) is 0 Å². The number of aromatic hydroxyl groups is 1. The molecular formula is C15H7BrN4O4S. The van der Waals surface area contributed by atoms with Crippen molar-refractivity contribution in [3.63, 3.8) is 0 Å². The van der Waals surface area contributed by atoms with Gasteiger partial charge in [-0.15, -0.1) is 0 Å². The van der Waals surface area contributed by atoms with Crippen LogP contribution in [0.5, 0.6) is 5.75 Å². The molecule has 0 saturated heterocycles. The lowest BCUT2D eigenvalue weighted by Gasteiger charge is -1.98. The Morgan fingerprint density at radius 1 is 1.40 bits per heavy atom. The number of imidazole rings is 1. The molecule has 3 heterocycles. The number of nitrogens with zero attached hydrogens (tertiary/aromatic N) is 4. The van der Waals surface area contributed by atoms with Crippen LogP contribution in [0.3, 0.4) is 0 Å². The summed E-state index contributed by atoms with van der Waals surface area (Å²) in [7, 11) is 0. The highest BCUT2D eigenvalue weighted by atomic mass is 79.9. The lowest BCUT2D eigenvalue weighted by atomic mass is 10.1. The van der Waals surface area contributed by atoms with Crippen LogP contribution in [0.1, 0.15) is 5.56 Å². The van der Waals surface area contributed by atoms with Gasteiger partial charge in [-0.2, -0.15) is 0 Å². The van der Waals surface area contributed by atoms with E-state index in [9.17, 15) is 20.0 Å². The molecule has 0 atom stereocenters. The average molecular weight is 419 g/mol. The second kappa shape index (κ2) is 5.60. The summed E-state index contributed by atoms with van der Waals surface area (Å²) < 4.78 is 2.43. The summed E-state index contributed by atoms with van der Waals surface area (Å²) in [4.78, 5) is 31.9. The third kappa shape index (κ3) is 2.46. The van der Waals surface area contributed by atoms with Gasteiger partial charge in [0.2, 0.25) is 5.75 Å². The number of hydrogen-bond acceptors (Lipinski definition) is 7. The molecule has 4 aromatic rings. The number of nitro benzene ring substituents is 1. The van der Waals surface area contributed by atoms with Gasteiger partial charge in [0.15, 0.2) is 10.6 Å². The number of phenols is 1. The molecule has 0 amide bonds. The quantitative estimate of drug-likeness (QED) is 0.394. The van der Waals surface area contributed by atoms with Gasteiger partial charge in [0.25, 0.3) is 5.56 Å². The highest BCUT2D eigenvalue weighted by molar-refractivity contribution is 9.10. The maximum atomic E-state index is 12.7. The highest BCUT2D eigenvalue weighted by Gasteiger charge is 2.17. The van der Waals surface area contributed by atoms with Crippen LogP contribution in [0.15, 0.2) is 39.7 Å². The van der Waals surface area contributed by atoms with Crippen molar-refractivity contribution >= 4 is 55.2 Å². The first-order valence-electron chi connectivity index (χ1n) is 6.90. The molecule has 8 nitrogen and oxygen atoms in total. The fourth-order valence-electron chi connectivity index (χ4n) is 2.47. The van der Waals surface area contributed by atoms with Crippen LogP contribution >= 0.6 is 27.3 Å². The predicted molar refractivity (Wildman–Crippen MR) is 95.9 cm³/mol. The molecule has 124 valence electrons. The number of rotatable bonds is 2. The minimum atomic E-state index is -0.679. The number of aromatic nitrogens is 3. The van der Waals surface area contributed by atoms with E-state index in [2.05, 4.69) is 25.9 Å². The number of hydrogen-bond donors (Lipinski definition) is 1. The van der Waals surface area contributed by atoms with Gasteiger partial charge in [-0.05, 0) is 28.1 Å². The van der Waals surface area contributed by atoms with Gasteiger partial charge in [-0.1, -0.05) is 23.5 Å². The minimum Gasteiger partial charge on any atom is -0.502 e. The lowest BCUT2D eigenvalue weighted by Crippen LogP contribution is -2.23. The molecule has 0 saturated carbocycles. The average Bonchev–Trinajstić information content (AvgIpc) is 3.05. The van der Waals surface area contributed by atoms with Crippen molar-refractivity contribution in [3.8, 4) is 5.75 Å². The maximum Gasteiger partial charge on any atom is 0.311 e. The van der Waals surface area contributed by atoms with Gasteiger partial charge < -0.3 is 5.11 Å². The van der Waals surface area contributed by atoms with E-state index in [1.807, 2.05) is 0 Å². The van der Waals surface area contributed by atoms with Crippen molar-refractivity contribution in [2.75, 3.05) is 0 Å². The number of thiazole rings is 1. The van der Waals surface area contributed by atoms with Crippen LogP contribution in [0.25, 0.3) is 22.2 Å². The molecule has 0 spiro atoms. The minimum absolute atomic E-state index is 0.191. The second-order valence-electron chi connectivity index (χ2n) is 5.11. The maximum absolute atomic E-state index is 12.7. The molecule has 1 N–H and O–H groups in total. The standard InChI is InChI=1S/C15H7BrN4O4S/c16-8-5-9-13(17-6-8)19-14(22)11(25-15(19)18-9)4-7-2-1-3-10(12(7)21)20(23)24/h1-6,21H/b11-4-. The van der Waals surface area contributed by atoms with Gasteiger partial charge >= 0.3 is 5.69 Å². The van der Waals surface area contributed by atoms with Crippen molar-refractivity contribution in [2.45, 2.75) is 0 Å². The molecule has 0 unspecified atom stereocenters. The van der Waals surface area contributed by atoms with Gasteiger partial charge in [0.1, 0.15) is 5.52 Å². The third-order valence-corrected chi connectivity index (χ3v) is 4.98. The molecular weight excluding hydrogens is 412 g/mol. The summed E-state index contributed by atoms with van der Waals surface area (Å²) in [5.41, 5.74) is 0.448. The Hall–Kier alpha value is -2.85. The summed E-state index contributed by atoms with van der Waals surface area (Å²) in [6, 6.07) is 5.90. The smallest absolute Gasteiger partial charge is 0.311 e. The molecule has 0 aliphatic carbocycles. The van der Waals surface area contributed by atoms with E-state index < -0.39 is 16.4 Å². The van der Waals surface area contributed by atoms with E-state index in [4.69, 9.17) is 0 Å². The number of para-hydroxylation sites is 1. The van der Waals surface area contributed by atoms with E-state index in [1.165, 1.54) is 28.7 Å². The molecule has 25 heavy (non-hydrogen) atoms.